The van der Waals surface area contributed by atoms with Crippen LogP contribution >= 0.6 is 23.2 Å². The fourth-order valence-corrected chi connectivity index (χ4v) is 6.67. The Balaban J connectivity index is 1.80. The summed E-state index contributed by atoms with van der Waals surface area (Å²) in [6, 6.07) is 28.5. The molecule has 0 fully saturated rings. The second-order valence-electron chi connectivity index (χ2n) is 10.8. The van der Waals surface area contributed by atoms with Gasteiger partial charge in [0.2, 0.25) is 11.8 Å². The SMILES string of the molecule is CCCCNC(=O)C(Cc1ccccc1)N(Cc1ccc(Cl)c(Cl)c1)C(=O)CN(c1cccc(C)c1)S(=O)(=O)c1ccccc1. The maximum atomic E-state index is 14.5. The molecule has 0 aromatic heterocycles. The van der Waals surface area contributed by atoms with E-state index in [0.29, 0.717) is 27.8 Å². The predicted octanol–water partition coefficient (Wildman–Crippen LogP) is 7.05. The van der Waals surface area contributed by atoms with Crippen molar-refractivity contribution >= 4 is 50.7 Å². The summed E-state index contributed by atoms with van der Waals surface area (Å²) in [6.07, 6.45) is 1.89. The maximum absolute atomic E-state index is 14.5. The average Bonchev–Trinajstić information content (AvgIpc) is 3.04. The largest absolute Gasteiger partial charge is 0.354 e. The summed E-state index contributed by atoms with van der Waals surface area (Å²) >= 11 is 12.5. The molecular formula is C35H37Cl2N3O4S. The monoisotopic (exact) mass is 665 g/mol. The number of unbranched alkanes of at least 4 members (excludes halogenated alkanes) is 1. The van der Waals surface area contributed by atoms with E-state index < -0.39 is 28.5 Å². The lowest BCUT2D eigenvalue weighted by Crippen LogP contribution is -2.53. The molecule has 0 aliphatic carbocycles. The zero-order valence-electron chi connectivity index (χ0n) is 25.3. The van der Waals surface area contributed by atoms with Crippen LogP contribution in [0, 0.1) is 6.92 Å². The summed E-state index contributed by atoms with van der Waals surface area (Å²) < 4.78 is 29.2. The highest BCUT2D eigenvalue weighted by molar-refractivity contribution is 7.92. The van der Waals surface area contributed by atoms with Gasteiger partial charge < -0.3 is 10.2 Å². The maximum Gasteiger partial charge on any atom is 0.264 e. The van der Waals surface area contributed by atoms with Gasteiger partial charge in [-0.1, -0.05) is 103 Å². The lowest BCUT2D eigenvalue weighted by molar-refractivity contribution is -0.140. The fraction of sp³-hybridized carbons (Fsp3) is 0.257. The molecule has 4 rings (SSSR count). The topological polar surface area (TPSA) is 86.8 Å². The number of rotatable bonds is 14. The highest BCUT2D eigenvalue weighted by Crippen LogP contribution is 2.27. The number of hydrogen-bond acceptors (Lipinski definition) is 4. The number of hydrogen-bond donors (Lipinski definition) is 1. The van der Waals surface area contributed by atoms with Gasteiger partial charge in [0.05, 0.1) is 20.6 Å². The Bertz CT molecular complexity index is 1700. The van der Waals surface area contributed by atoms with Crippen molar-refractivity contribution in [2.24, 2.45) is 0 Å². The summed E-state index contributed by atoms with van der Waals surface area (Å²) in [4.78, 5) is 29.8. The minimum absolute atomic E-state index is 0.00145. The number of aryl methyl sites for hydroxylation is 1. The molecule has 2 amide bonds. The van der Waals surface area contributed by atoms with Gasteiger partial charge in [-0.25, -0.2) is 8.42 Å². The zero-order valence-corrected chi connectivity index (χ0v) is 27.7. The molecule has 1 N–H and O–H groups in total. The van der Waals surface area contributed by atoms with Gasteiger partial charge in [0.15, 0.2) is 0 Å². The molecule has 0 aliphatic rings. The molecule has 0 aliphatic heterocycles. The van der Waals surface area contributed by atoms with Gasteiger partial charge >= 0.3 is 0 Å². The third-order valence-electron chi connectivity index (χ3n) is 7.34. The Morgan fingerprint density at radius 1 is 0.822 bits per heavy atom. The Morgan fingerprint density at radius 3 is 2.16 bits per heavy atom. The van der Waals surface area contributed by atoms with Crippen LogP contribution in [-0.4, -0.2) is 44.3 Å². The zero-order chi connectivity index (χ0) is 32.4. The van der Waals surface area contributed by atoms with Gasteiger partial charge in [0.1, 0.15) is 12.6 Å². The standard InChI is InChI=1S/C35H37Cl2N3O4S/c1-3-4-20-38-35(42)33(23-27-13-7-5-8-14-27)39(24-28-18-19-31(36)32(37)22-28)34(41)25-40(29-15-11-12-26(2)21-29)45(43,44)30-16-9-6-10-17-30/h5-19,21-22,33H,3-4,20,23-25H2,1-2H3,(H,38,42). The van der Waals surface area contributed by atoms with Crippen LogP contribution in [0.5, 0.6) is 0 Å². The molecule has 10 heteroatoms. The normalized spacial score (nSPS) is 11.9. The molecule has 4 aromatic rings. The number of benzene rings is 4. The van der Waals surface area contributed by atoms with Crippen LogP contribution < -0.4 is 9.62 Å². The van der Waals surface area contributed by atoms with Gasteiger partial charge in [-0.15, -0.1) is 0 Å². The Labute approximate surface area is 275 Å². The van der Waals surface area contributed by atoms with Gasteiger partial charge in [-0.3, -0.25) is 13.9 Å². The highest BCUT2D eigenvalue weighted by atomic mass is 35.5. The molecular weight excluding hydrogens is 629 g/mol. The number of nitrogens with one attached hydrogen (secondary N) is 1. The predicted molar refractivity (Wildman–Crippen MR) is 181 cm³/mol. The first-order chi connectivity index (χ1) is 21.6. The van der Waals surface area contributed by atoms with E-state index in [4.69, 9.17) is 23.2 Å². The van der Waals surface area contributed by atoms with Gasteiger partial charge in [0, 0.05) is 19.5 Å². The molecule has 45 heavy (non-hydrogen) atoms. The number of carbonyl (C=O) groups is 2. The number of amides is 2. The lowest BCUT2D eigenvalue weighted by Gasteiger charge is -2.34. The van der Waals surface area contributed by atoms with E-state index in [1.54, 1.807) is 54.6 Å². The van der Waals surface area contributed by atoms with Crippen LogP contribution in [0.1, 0.15) is 36.5 Å². The third-order valence-corrected chi connectivity index (χ3v) is 9.86. The van der Waals surface area contributed by atoms with Crippen molar-refractivity contribution in [3.05, 3.63) is 130 Å². The number of anilines is 1. The first kappa shape index (κ1) is 34.0. The van der Waals surface area contributed by atoms with Crippen LogP contribution in [0.3, 0.4) is 0 Å². The van der Waals surface area contributed by atoms with Crippen molar-refractivity contribution in [2.75, 3.05) is 17.4 Å². The molecule has 1 unspecified atom stereocenters. The Kier molecular flexibility index (Phi) is 12.0. The third kappa shape index (κ3) is 9.10. The van der Waals surface area contributed by atoms with Crippen molar-refractivity contribution in [2.45, 2.75) is 50.6 Å². The fourth-order valence-electron chi connectivity index (χ4n) is 4.93. The van der Waals surface area contributed by atoms with Gasteiger partial charge in [-0.05, 0) is 66.4 Å². The van der Waals surface area contributed by atoms with Crippen molar-refractivity contribution in [1.82, 2.24) is 10.2 Å². The molecule has 0 saturated heterocycles. The molecule has 1 atom stereocenters. The number of sulfonamides is 1. The molecule has 0 spiro atoms. The van der Waals surface area contributed by atoms with E-state index in [-0.39, 0.29) is 23.8 Å². The second kappa shape index (κ2) is 15.9. The highest BCUT2D eigenvalue weighted by Gasteiger charge is 2.34. The van der Waals surface area contributed by atoms with E-state index in [2.05, 4.69) is 5.32 Å². The van der Waals surface area contributed by atoms with E-state index in [1.165, 1.54) is 17.0 Å². The summed E-state index contributed by atoms with van der Waals surface area (Å²) in [7, 11) is -4.16. The summed E-state index contributed by atoms with van der Waals surface area (Å²) in [5.74, 6) is -0.873. The van der Waals surface area contributed by atoms with Crippen molar-refractivity contribution in [1.29, 1.82) is 0 Å². The van der Waals surface area contributed by atoms with E-state index in [9.17, 15) is 18.0 Å². The molecule has 7 nitrogen and oxygen atoms in total. The number of nitrogens with zero attached hydrogens (tertiary/aromatic N) is 2. The molecule has 0 heterocycles. The van der Waals surface area contributed by atoms with Gasteiger partial charge in [0.25, 0.3) is 10.0 Å². The molecule has 0 radical (unpaired) electrons. The van der Waals surface area contributed by atoms with Crippen molar-refractivity contribution in [3.63, 3.8) is 0 Å². The smallest absolute Gasteiger partial charge is 0.264 e. The van der Waals surface area contributed by atoms with Crippen molar-refractivity contribution in [3.8, 4) is 0 Å². The first-order valence-electron chi connectivity index (χ1n) is 14.8. The number of halogens is 2. The van der Waals surface area contributed by atoms with Crippen LogP contribution in [0.2, 0.25) is 10.0 Å². The second-order valence-corrected chi connectivity index (χ2v) is 13.5. The molecule has 0 bridgehead atoms. The molecule has 236 valence electrons. The van der Waals surface area contributed by atoms with E-state index >= 15 is 0 Å². The summed E-state index contributed by atoms with van der Waals surface area (Å²) in [5, 5.41) is 3.65. The number of carbonyl (C=O) groups excluding carboxylic acids is 2. The van der Waals surface area contributed by atoms with Crippen LogP contribution in [0.25, 0.3) is 0 Å². The lowest BCUT2D eigenvalue weighted by atomic mass is 10.0. The molecule has 4 aromatic carbocycles. The van der Waals surface area contributed by atoms with Gasteiger partial charge in [-0.2, -0.15) is 0 Å². The van der Waals surface area contributed by atoms with E-state index in [1.807, 2.05) is 50.2 Å². The average molecular weight is 667 g/mol. The summed E-state index contributed by atoms with van der Waals surface area (Å²) in [6.45, 7) is 3.80. The minimum atomic E-state index is -4.16. The first-order valence-corrected chi connectivity index (χ1v) is 17.0. The van der Waals surface area contributed by atoms with Crippen LogP contribution in [-0.2, 0) is 32.6 Å². The quantitative estimate of drug-likeness (QED) is 0.146. The Hall–Kier alpha value is -3.85. The Morgan fingerprint density at radius 2 is 1.51 bits per heavy atom. The van der Waals surface area contributed by atoms with Crippen molar-refractivity contribution < 1.29 is 18.0 Å². The molecule has 0 saturated carbocycles. The minimum Gasteiger partial charge on any atom is -0.354 e. The van der Waals surface area contributed by atoms with E-state index in [0.717, 1.165) is 28.3 Å². The van der Waals surface area contributed by atoms with Crippen LogP contribution in [0.4, 0.5) is 5.69 Å². The van der Waals surface area contributed by atoms with Crippen LogP contribution in [0.15, 0.2) is 108 Å². The summed E-state index contributed by atoms with van der Waals surface area (Å²) in [5.41, 5.74) is 2.67.